The zero-order valence-electron chi connectivity index (χ0n) is 7.70. The summed E-state index contributed by atoms with van der Waals surface area (Å²) in [6.45, 7) is 1.58. The minimum atomic E-state index is 0.150. The molecule has 72 valence electrons. The van der Waals surface area contributed by atoms with E-state index in [0.29, 0.717) is 6.42 Å². The van der Waals surface area contributed by atoms with Crippen molar-refractivity contribution >= 4 is 27.4 Å². The van der Waals surface area contributed by atoms with E-state index < -0.39 is 0 Å². The number of aromatic nitrogens is 2. The lowest BCUT2D eigenvalue weighted by Gasteiger charge is -2.00. The maximum absolute atomic E-state index is 11.0. The Hall–Kier alpha value is -1.16. The maximum Gasteiger partial charge on any atom is 0.141 e. The Labute approximate surface area is 89.9 Å². The lowest BCUT2D eigenvalue weighted by atomic mass is 10.1. The molecule has 0 aromatic carbocycles. The maximum atomic E-state index is 11.0. The number of rotatable bonds is 2. The molecule has 2 heterocycles. The summed E-state index contributed by atoms with van der Waals surface area (Å²) in [7, 11) is 0. The number of imidazole rings is 1. The van der Waals surface area contributed by atoms with E-state index >= 15 is 0 Å². The quantitative estimate of drug-likeness (QED) is 0.822. The van der Waals surface area contributed by atoms with Crippen molar-refractivity contribution in [2.45, 2.75) is 13.3 Å². The molecule has 0 aliphatic heterocycles. The van der Waals surface area contributed by atoms with Gasteiger partial charge in [-0.05, 0) is 28.9 Å². The van der Waals surface area contributed by atoms with Crippen LogP contribution in [0.3, 0.4) is 0 Å². The topological polar surface area (TPSA) is 34.4 Å². The molecule has 0 aliphatic rings. The molecule has 3 nitrogen and oxygen atoms in total. The standard InChI is InChI=1S/C10H9BrN2O/c1-7(14)5-8-3-2-4-13-9(11)6-12-10(8)13/h2-4,6H,5H2,1H3. The highest BCUT2D eigenvalue weighted by atomic mass is 79.9. The number of ketones is 1. The van der Waals surface area contributed by atoms with Crippen LogP contribution in [-0.4, -0.2) is 15.2 Å². The molecular formula is C10H9BrN2O. The van der Waals surface area contributed by atoms with Crippen LogP contribution in [0.1, 0.15) is 12.5 Å². The SMILES string of the molecule is CC(=O)Cc1cccn2c(Br)cnc12. The van der Waals surface area contributed by atoms with Crippen LogP contribution < -0.4 is 0 Å². The molecule has 2 aromatic heterocycles. The van der Waals surface area contributed by atoms with E-state index in [9.17, 15) is 4.79 Å². The van der Waals surface area contributed by atoms with Crippen LogP contribution in [0.25, 0.3) is 5.65 Å². The molecule has 0 spiro atoms. The normalized spacial score (nSPS) is 10.7. The lowest BCUT2D eigenvalue weighted by Crippen LogP contribution is -1.99. The average molecular weight is 253 g/mol. The molecule has 14 heavy (non-hydrogen) atoms. The number of fused-ring (bicyclic) bond motifs is 1. The molecule has 0 aliphatic carbocycles. The highest BCUT2D eigenvalue weighted by molar-refractivity contribution is 9.10. The molecule has 4 heteroatoms. The van der Waals surface area contributed by atoms with Gasteiger partial charge in [-0.25, -0.2) is 4.98 Å². The Balaban J connectivity index is 2.59. The fraction of sp³-hybridized carbons (Fsp3) is 0.200. The van der Waals surface area contributed by atoms with Crippen LogP contribution >= 0.6 is 15.9 Å². The van der Waals surface area contributed by atoms with Gasteiger partial charge in [0.2, 0.25) is 0 Å². The van der Waals surface area contributed by atoms with Crippen LogP contribution in [0, 0.1) is 0 Å². The van der Waals surface area contributed by atoms with E-state index in [1.165, 1.54) is 0 Å². The van der Waals surface area contributed by atoms with Gasteiger partial charge in [0.25, 0.3) is 0 Å². The second-order valence-corrected chi connectivity index (χ2v) is 4.00. The molecule has 0 unspecified atom stereocenters. The molecule has 0 radical (unpaired) electrons. The second kappa shape index (κ2) is 3.53. The first-order valence-electron chi connectivity index (χ1n) is 4.28. The number of hydrogen-bond acceptors (Lipinski definition) is 2. The summed E-state index contributed by atoms with van der Waals surface area (Å²) in [5.41, 5.74) is 1.81. The van der Waals surface area contributed by atoms with Crippen molar-refractivity contribution in [3.63, 3.8) is 0 Å². The fourth-order valence-corrected chi connectivity index (χ4v) is 1.83. The van der Waals surface area contributed by atoms with Crippen LogP contribution in [-0.2, 0) is 11.2 Å². The van der Waals surface area contributed by atoms with Gasteiger partial charge in [-0.2, -0.15) is 0 Å². The van der Waals surface area contributed by atoms with Crippen molar-refractivity contribution in [1.82, 2.24) is 9.38 Å². The van der Waals surface area contributed by atoms with Gasteiger partial charge in [0.15, 0.2) is 0 Å². The highest BCUT2D eigenvalue weighted by Gasteiger charge is 2.06. The first kappa shape index (κ1) is 9.40. The predicted octanol–water partition coefficient (Wildman–Crippen LogP) is 2.23. The summed E-state index contributed by atoms with van der Waals surface area (Å²) >= 11 is 3.38. The third kappa shape index (κ3) is 1.57. The van der Waals surface area contributed by atoms with Crippen molar-refractivity contribution in [1.29, 1.82) is 0 Å². The van der Waals surface area contributed by atoms with Gasteiger partial charge in [0, 0.05) is 18.2 Å². The van der Waals surface area contributed by atoms with E-state index in [2.05, 4.69) is 20.9 Å². The lowest BCUT2D eigenvalue weighted by molar-refractivity contribution is -0.116. The Morgan fingerprint density at radius 3 is 3.14 bits per heavy atom. The number of Topliss-reactive ketones (excluding diaryl/α,β-unsaturated/α-hetero) is 1. The minimum absolute atomic E-state index is 0.150. The summed E-state index contributed by atoms with van der Waals surface area (Å²) in [6.07, 6.45) is 4.09. The second-order valence-electron chi connectivity index (χ2n) is 3.19. The zero-order valence-corrected chi connectivity index (χ0v) is 9.28. The predicted molar refractivity (Wildman–Crippen MR) is 57.3 cm³/mol. The first-order chi connectivity index (χ1) is 6.68. The molecule has 2 rings (SSSR count). The number of halogens is 1. The molecule has 0 amide bonds. The molecule has 0 fully saturated rings. The molecular weight excluding hydrogens is 244 g/mol. The van der Waals surface area contributed by atoms with Crippen LogP contribution in [0.15, 0.2) is 29.1 Å². The Morgan fingerprint density at radius 2 is 2.43 bits per heavy atom. The fourth-order valence-electron chi connectivity index (χ4n) is 1.45. The Kier molecular flexibility index (Phi) is 2.37. The first-order valence-corrected chi connectivity index (χ1v) is 5.07. The third-order valence-corrected chi connectivity index (χ3v) is 2.60. The number of pyridine rings is 1. The smallest absolute Gasteiger partial charge is 0.141 e. The summed E-state index contributed by atoms with van der Waals surface area (Å²) in [6, 6.07) is 3.84. The largest absolute Gasteiger partial charge is 0.300 e. The van der Waals surface area contributed by atoms with Crippen molar-refractivity contribution in [2.75, 3.05) is 0 Å². The summed E-state index contributed by atoms with van der Waals surface area (Å²) in [4.78, 5) is 15.3. The molecule has 2 aromatic rings. The van der Waals surface area contributed by atoms with Crippen molar-refractivity contribution in [3.05, 3.63) is 34.7 Å². The van der Waals surface area contributed by atoms with E-state index in [-0.39, 0.29) is 5.78 Å². The molecule has 0 bridgehead atoms. The number of nitrogens with zero attached hydrogens (tertiary/aromatic N) is 2. The van der Waals surface area contributed by atoms with Crippen molar-refractivity contribution in [3.8, 4) is 0 Å². The highest BCUT2D eigenvalue weighted by Crippen LogP contribution is 2.16. The van der Waals surface area contributed by atoms with Gasteiger partial charge in [-0.3, -0.25) is 9.20 Å². The van der Waals surface area contributed by atoms with Gasteiger partial charge in [0.1, 0.15) is 16.0 Å². The third-order valence-electron chi connectivity index (χ3n) is 2.01. The van der Waals surface area contributed by atoms with E-state index in [4.69, 9.17) is 0 Å². The summed E-state index contributed by atoms with van der Waals surface area (Å²) < 4.78 is 2.82. The van der Waals surface area contributed by atoms with Gasteiger partial charge >= 0.3 is 0 Å². The molecule has 0 saturated heterocycles. The number of carbonyl (C=O) groups excluding carboxylic acids is 1. The average Bonchev–Trinajstić information content (AvgIpc) is 2.49. The van der Waals surface area contributed by atoms with Gasteiger partial charge < -0.3 is 0 Å². The summed E-state index contributed by atoms with van der Waals surface area (Å²) in [5.74, 6) is 0.150. The van der Waals surface area contributed by atoms with E-state index in [1.54, 1.807) is 13.1 Å². The van der Waals surface area contributed by atoms with E-state index in [0.717, 1.165) is 15.8 Å². The Bertz CT molecular complexity index is 490. The number of hydrogen-bond donors (Lipinski definition) is 0. The van der Waals surface area contributed by atoms with Crippen molar-refractivity contribution in [2.24, 2.45) is 0 Å². The van der Waals surface area contributed by atoms with Gasteiger partial charge in [0.05, 0.1) is 6.20 Å². The monoisotopic (exact) mass is 252 g/mol. The number of carbonyl (C=O) groups is 1. The Morgan fingerprint density at radius 1 is 1.64 bits per heavy atom. The molecule has 0 N–H and O–H groups in total. The van der Waals surface area contributed by atoms with Crippen LogP contribution in [0.4, 0.5) is 0 Å². The molecule has 0 saturated carbocycles. The van der Waals surface area contributed by atoms with Crippen LogP contribution in [0.5, 0.6) is 0 Å². The zero-order chi connectivity index (χ0) is 10.1. The minimum Gasteiger partial charge on any atom is -0.300 e. The van der Waals surface area contributed by atoms with Crippen LogP contribution in [0.2, 0.25) is 0 Å². The molecule has 0 atom stereocenters. The van der Waals surface area contributed by atoms with Crippen molar-refractivity contribution < 1.29 is 4.79 Å². The van der Waals surface area contributed by atoms with Gasteiger partial charge in [-0.15, -0.1) is 0 Å². The summed E-state index contributed by atoms with van der Waals surface area (Å²) in [5, 5.41) is 0. The van der Waals surface area contributed by atoms with Gasteiger partial charge in [-0.1, -0.05) is 6.07 Å². The van der Waals surface area contributed by atoms with E-state index in [1.807, 2.05) is 22.7 Å².